The van der Waals surface area contributed by atoms with Crippen LogP contribution in [0.3, 0.4) is 0 Å². The first-order valence-electron chi connectivity index (χ1n) is 8.26. The number of amides is 1. The Morgan fingerprint density at radius 2 is 1.80 bits per heavy atom. The molecule has 0 aromatic heterocycles. The highest BCUT2D eigenvalue weighted by atomic mass is 31.0. The fourth-order valence-electron chi connectivity index (χ4n) is 2.17. The zero-order valence-corrected chi connectivity index (χ0v) is 16.7. The van der Waals surface area contributed by atoms with Crippen molar-refractivity contribution in [2.24, 2.45) is 11.8 Å². The van der Waals surface area contributed by atoms with Gasteiger partial charge in [-0.1, -0.05) is 39.0 Å². The molecule has 138 valence electrons. The first-order chi connectivity index (χ1) is 11.7. The standard InChI is InChI=1S/C12H15O2P.C7H13NO2/c1-7(2)12(14)9-5-4-6-10(15)11(9)8(3)13;1-6(4-3-5-9)7(10)8-2/h4-7H,15H2,1-3H3;5-6H,3-4H2,1-2H3,(H,8,10). The summed E-state index contributed by atoms with van der Waals surface area (Å²) in [5, 5.41) is 3.30. The number of ketones is 2. The molecule has 2 atom stereocenters. The van der Waals surface area contributed by atoms with Gasteiger partial charge < -0.3 is 10.1 Å². The summed E-state index contributed by atoms with van der Waals surface area (Å²) in [6, 6.07) is 5.33. The Kier molecular flexibility index (Phi) is 10.8. The maximum Gasteiger partial charge on any atom is 0.222 e. The van der Waals surface area contributed by atoms with Crippen molar-refractivity contribution in [2.45, 2.75) is 40.5 Å². The van der Waals surface area contributed by atoms with Crippen LogP contribution in [0.5, 0.6) is 0 Å². The second-order valence-corrected chi connectivity index (χ2v) is 6.73. The SMILES string of the molecule is CC(=O)c1c(P)cccc1C(=O)C(C)C.CNC(=O)C(C)CCC=O. The van der Waals surface area contributed by atoms with Crippen molar-refractivity contribution in [3.63, 3.8) is 0 Å². The van der Waals surface area contributed by atoms with Crippen LogP contribution in [0, 0.1) is 11.8 Å². The molecular weight excluding hydrogens is 337 g/mol. The van der Waals surface area contributed by atoms with Crippen LogP contribution in [0.25, 0.3) is 0 Å². The van der Waals surface area contributed by atoms with E-state index in [0.717, 1.165) is 11.6 Å². The Bertz CT molecular complexity index is 626. The number of hydrogen-bond acceptors (Lipinski definition) is 4. The number of nitrogens with one attached hydrogen (secondary N) is 1. The van der Waals surface area contributed by atoms with Gasteiger partial charge in [0.05, 0.1) is 0 Å². The molecule has 0 aliphatic rings. The fourth-order valence-corrected chi connectivity index (χ4v) is 2.64. The van der Waals surface area contributed by atoms with Gasteiger partial charge in [0.1, 0.15) is 6.29 Å². The molecule has 2 unspecified atom stereocenters. The highest BCUT2D eigenvalue weighted by Gasteiger charge is 2.18. The summed E-state index contributed by atoms with van der Waals surface area (Å²) < 4.78 is 0. The molecule has 0 saturated heterocycles. The van der Waals surface area contributed by atoms with Crippen LogP contribution in [0.1, 0.15) is 61.3 Å². The molecule has 1 N–H and O–H groups in total. The third kappa shape index (κ3) is 7.70. The predicted molar refractivity (Wildman–Crippen MR) is 103 cm³/mol. The molecule has 0 aliphatic heterocycles. The lowest BCUT2D eigenvalue weighted by atomic mass is 9.95. The minimum absolute atomic E-state index is 0.00171. The number of Topliss-reactive ketones (excluding diaryl/α,β-unsaturated/α-hetero) is 2. The van der Waals surface area contributed by atoms with Gasteiger partial charge in [-0.15, -0.1) is 9.24 Å². The second kappa shape index (κ2) is 11.6. The van der Waals surface area contributed by atoms with Crippen LogP contribution in [-0.2, 0) is 9.59 Å². The first-order valence-corrected chi connectivity index (χ1v) is 8.83. The van der Waals surface area contributed by atoms with Crippen molar-refractivity contribution in [1.82, 2.24) is 5.32 Å². The van der Waals surface area contributed by atoms with E-state index in [0.29, 0.717) is 24.0 Å². The molecule has 0 spiro atoms. The Morgan fingerprint density at radius 1 is 1.20 bits per heavy atom. The van der Waals surface area contributed by atoms with Crippen LogP contribution in [0.15, 0.2) is 18.2 Å². The number of carbonyl (C=O) groups excluding carboxylic acids is 4. The van der Waals surface area contributed by atoms with E-state index in [2.05, 4.69) is 14.6 Å². The van der Waals surface area contributed by atoms with Gasteiger partial charge in [0.25, 0.3) is 0 Å². The van der Waals surface area contributed by atoms with E-state index in [4.69, 9.17) is 0 Å². The maximum absolute atomic E-state index is 11.9. The van der Waals surface area contributed by atoms with Gasteiger partial charge in [0.15, 0.2) is 11.6 Å². The molecule has 0 aliphatic carbocycles. The minimum Gasteiger partial charge on any atom is -0.359 e. The van der Waals surface area contributed by atoms with E-state index in [-0.39, 0.29) is 29.3 Å². The van der Waals surface area contributed by atoms with Gasteiger partial charge in [-0.05, 0) is 18.6 Å². The Labute approximate surface area is 152 Å². The van der Waals surface area contributed by atoms with Gasteiger partial charge in [-0.25, -0.2) is 0 Å². The fraction of sp³-hybridized carbons (Fsp3) is 0.474. The minimum atomic E-state index is -0.0881. The summed E-state index contributed by atoms with van der Waals surface area (Å²) >= 11 is 0. The molecule has 25 heavy (non-hydrogen) atoms. The lowest BCUT2D eigenvalue weighted by molar-refractivity contribution is -0.124. The van der Waals surface area contributed by atoms with E-state index in [1.165, 1.54) is 6.92 Å². The summed E-state index contributed by atoms with van der Waals surface area (Å²) in [5.41, 5.74) is 1.06. The van der Waals surface area contributed by atoms with Gasteiger partial charge in [0.2, 0.25) is 5.91 Å². The molecule has 0 bridgehead atoms. The number of hydrogen-bond donors (Lipinski definition) is 1. The van der Waals surface area contributed by atoms with Crippen molar-refractivity contribution in [2.75, 3.05) is 7.05 Å². The number of benzene rings is 1. The normalized spacial score (nSPS) is 11.2. The lowest BCUT2D eigenvalue weighted by Gasteiger charge is -2.10. The predicted octanol–water partition coefficient (Wildman–Crippen LogP) is 2.58. The Morgan fingerprint density at radius 3 is 2.24 bits per heavy atom. The van der Waals surface area contributed by atoms with Crippen LogP contribution in [0.2, 0.25) is 0 Å². The van der Waals surface area contributed by atoms with Gasteiger partial charge in [-0.3, -0.25) is 14.4 Å². The highest BCUT2D eigenvalue weighted by molar-refractivity contribution is 7.27. The van der Waals surface area contributed by atoms with Crippen LogP contribution >= 0.6 is 9.24 Å². The molecular formula is C19H28NO4P. The number of aldehydes is 1. The van der Waals surface area contributed by atoms with Crippen molar-refractivity contribution in [3.8, 4) is 0 Å². The van der Waals surface area contributed by atoms with E-state index in [1.807, 2.05) is 26.8 Å². The van der Waals surface area contributed by atoms with Crippen LogP contribution in [-0.4, -0.2) is 30.8 Å². The smallest absolute Gasteiger partial charge is 0.222 e. The molecule has 0 radical (unpaired) electrons. The van der Waals surface area contributed by atoms with E-state index >= 15 is 0 Å². The summed E-state index contributed by atoms with van der Waals surface area (Å²) in [6.45, 7) is 6.96. The zero-order chi connectivity index (χ0) is 19.6. The third-order valence-electron chi connectivity index (χ3n) is 3.65. The van der Waals surface area contributed by atoms with Crippen LogP contribution in [0.4, 0.5) is 0 Å². The highest BCUT2D eigenvalue weighted by Crippen LogP contribution is 2.15. The topological polar surface area (TPSA) is 80.3 Å². The van der Waals surface area contributed by atoms with Crippen LogP contribution < -0.4 is 10.6 Å². The van der Waals surface area contributed by atoms with Crippen molar-refractivity contribution in [1.29, 1.82) is 0 Å². The first kappa shape index (κ1) is 23.1. The maximum atomic E-state index is 11.9. The molecule has 6 heteroatoms. The zero-order valence-electron chi connectivity index (χ0n) is 15.6. The van der Waals surface area contributed by atoms with E-state index in [1.54, 1.807) is 19.2 Å². The van der Waals surface area contributed by atoms with Gasteiger partial charge >= 0.3 is 0 Å². The summed E-state index contributed by atoms with van der Waals surface area (Å²) in [5.74, 6) is -0.180. The average molecular weight is 365 g/mol. The van der Waals surface area contributed by atoms with Gasteiger partial charge in [-0.2, -0.15) is 0 Å². The van der Waals surface area contributed by atoms with E-state index < -0.39 is 0 Å². The molecule has 1 rings (SSSR count). The summed E-state index contributed by atoms with van der Waals surface area (Å²) in [6.07, 6.45) is 1.94. The molecule has 0 heterocycles. The molecule has 0 saturated carbocycles. The van der Waals surface area contributed by atoms with Crippen molar-refractivity contribution in [3.05, 3.63) is 29.3 Å². The molecule has 1 aromatic rings. The summed E-state index contributed by atoms with van der Waals surface area (Å²) in [7, 11) is 4.09. The number of rotatable bonds is 7. The van der Waals surface area contributed by atoms with Crippen molar-refractivity contribution >= 4 is 38.3 Å². The van der Waals surface area contributed by atoms with Crippen molar-refractivity contribution < 1.29 is 19.2 Å². The monoisotopic (exact) mass is 365 g/mol. The summed E-state index contributed by atoms with van der Waals surface area (Å²) in [4.78, 5) is 44.0. The third-order valence-corrected chi connectivity index (χ3v) is 4.13. The molecule has 1 aromatic carbocycles. The second-order valence-electron chi connectivity index (χ2n) is 6.10. The largest absolute Gasteiger partial charge is 0.359 e. The molecule has 0 fully saturated rings. The lowest BCUT2D eigenvalue weighted by Crippen LogP contribution is -2.25. The Balaban J connectivity index is 0.000000504. The number of carbonyl (C=O) groups is 4. The average Bonchev–Trinajstić information content (AvgIpc) is 2.57. The van der Waals surface area contributed by atoms with Gasteiger partial charge in [0, 0.05) is 36.4 Å². The quantitative estimate of drug-likeness (QED) is 0.457. The molecule has 5 nitrogen and oxygen atoms in total. The Hall–Kier alpha value is -1.87. The van der Waals surface area contributed by atoms with E-state index in [9.17, 15) is 19.2 Å². The molecule has 1 amide bonds.